The summed E-state index contributed by atoms with van der Waals surface area (Å²) in [5.74, 6) is 0.706. The Morgan fingerprint density at radius 1 is 1.38 bits per heavy atom. The first-order valence-electron chi connectivity index (χ1n) is 6.68. The van der Waals surface area contributed by atoms with Crippen LogP contribution in [0, 0.1) is 5.92 Å². The zero-order chi connectivity index (χ0) is 11.6. The van der Waals surface area contributed by atoms with E-state index in [1.54, 1.807) is 7.11 Å². The molecule has 1 N–H and O–H groups in total. The van der Waals surface area contributed by atoms with Gasteiger partial charge in [-0.3, -0.25) is 0 Å². The topological polar surface area (TPSA) is 30.5 Å². The number of hydrogen-bond acceptors (Lipinski definition) is 3. The minimum absolute atomic E-state index is 0.677. The van der Waals surface area contributed by atoms with Gasteiger partial charge in [0.1, 0.15) is 0 Å². The van der Waals surface area contributed by atoms with Crippen LogP contribution in [0.25, 0.3) is 0 Å². The third-order valence-corrected chi connectivity index (χ3v) is 3.30. The second-order valence-corrected chi connectivity index (χ2v) is 4.67. The molecule has 2 unspecified atom stereocenters. The highest BCUT2D eigenvalue weighted by Crippen LogP contribution is 2.20. The molecule has 1 saturated heterocycles. The molecule has 1 aliphatic rings. The summed E-state index contributed by atoms with van der Waals surface area (Å²) >= 11 is 0. The molecule has 0 aromatic rings. The minimum atomic E-state index is 0.677. The lowest BCUT2D eigenvalue weighted by atomic mass is 9.90. The molecule has 0 aromatic heterocycles. The van der Waals surface area contributed by atoms with Gasteiger partial charge in [0.05, 0.1) is 6.61 Å². The van der Waals surface area contributed by atoms with Crippen molar-refractivity contribution in [3.05, 3.63) is 0 Å². The van der Waals surface area contributed by atoms with Gasteiger partial charge in [0.2, 0.25) is 0 Å². The van der Waals surface area contributed by atoms with Crippen LogP contribution in [0.15, 0.2) is 0 Å². The van der Waals surface area contributed by atoms with E-state index >= 15 is 0 Å². The van der Waals surface area contributed by atoms with E-state index in [0.29, 0.717) is 12.0 Å². The Bertz CT molecular complexity index is 164. The van der Waals surface area contributed by atoms with Crippen molar-refractivity contribution in [2.24, 2.45) is 5.92 Å². The molecule has 0 aliphatic carbocycles. The first-order valence-corrected chi connectivity index (χ1v) is 6.68. The fourth-order valence-electron chi connectivity index (χ4n) is 2.33. The van der Waals surface area contributed by atoms with Crippen molar-refractivity contribution in [2.75, 3.05) is 33.5 Å². The van der Waals surface area contributed by atoms with Gasteiger partial charge in [-0.2, -0.15) is 0 Å². The van der Waals surface area contributed by atoms with Gasteiger partial charge in [-0.05, 0) is 38.1 Å². The fraction of sp³-hybridized carbons (Fsp3) is 1.00. The summed E-state index contributed by atoms with van der Waals surface area (Å²) in [7, 11) is 1.77. The van der Waals surface area contributed by atoms with Crippen molar-refractivity contribution in [1.29, 1.82) is 0 Å². The first kappa shape index (κ1) is 13.9. The van der Waals surface area contributed by atoms with Crippen LogP contribution in [-0.4, -0.2) is 39.5 Å². The molecule has 0 saturated carbocycles. The summed E-state index contributed by atoms with van der Waals surface area (Å²) in [5.41, 5.74) is 0. The van der Waals surface area contributed by atoms with Gasteiger partial charge in [0.15, 0.2) is 0 Å². The summed E-state index contributed by atoms with van der Waals surface area (Å²) < 4.78 is 10.7. The van der Waals surface area contributed by atoms with E-state index in [0.717, 1.165) is 26.4 Å². The summed E-state index contributed by atoms with van der Waals surface area (Å²) in [6.07, 6.45) is 6.09. The Morgan fingerprint density at radius 3 is 3.00 bits per heavy atom. The SMILES string of the molecule is CCCNC1CCOCC1CCCCOC. The minimum Gasteiger partial charge on any atom is -0.385 e. The highest BCUT2D eigenvalue weighted by atomic mass is 16.5. The average molecular weight is 229 g/mol. The van der Waals surface area contributed by atoms with E-state index in [1.165, 1.54) is 32.1 Å². The van der Waals surface area contributed by atoms with E-state index < -0.39 is 0 Å². The second-order valence-electron chi connectivity index (χ2n) is 4.67. The molecule has 3 heteroatoms. The maximum atomic E-state index is 5.58. The second kappa shape index (κ2) is 8.97. The van der Waals surface area contributed by atoms with Gasteiger partial charge >= 0.3 is 0 Å². The van der Waals surface area contributed by atoms with Crippen LogP contribution in [0.3, 0.4) is 0 Å². The maximum absolute atomic E-state index is 5.58. The molecule has 0 radical (unpaired) electrons. The van der Waals surface area contributed by atoms with E-state index in [-0.39, 0.29) is 0 Å². The molecule has 3 nitrogen and oxygen atoms in total. The standard InChI is InChI=1S/C13H27NO2/c1-3-8-14-13-7-10-16-11-12(13)6-4-5-9-15-2/h12-14H,3-11H2,1-2H3. The van der Waals surface area contributed by atoms with Crippen molar-refractivity contribution in [1.82, 2.24) is 5.32 Å². The van der Waals surface area contributed by atoms with E-state index in [4.69, 9.17) is 9.47 Å². The molecule has 96 valence electrons. The molecule has 0 aromatic carbocycles. The lowest BCUT2D eigenvalue weighted by molar-refractivity contribution is 0.0272. The van der Waals surface area contributed by atoms with Gasteiger partial charge < -0.3 is 14.8 Å². The molecule has 0 spiro atoms. The summed E-state index contributed by atoms with van der Waals surface area (Å²) in [5, 5.41) is 3.65. The van der Waals surface area contributed by atoms with Crippen LogP contribution < -0.4 is 5.32 Å². The Hall–Kier alpha value is -0.120. The zero-order valence-electron chi connectivity index (χ0n) is 10.8. The van der Waals surface area contributed by atoms with Crippen LogP contribution in [0.1, 0.15) is 39.0 Å². The van der Waals surface area contributed by atoms with E-state index in [1.807, 2.05) is 0 Å². The lowest BCUT2D eigenvalue weighted by Gasteiger charge is -2.32. The maximum Gasteiger partial charge on any atom is 0.0509 e. The largest absolute Gasteiger partial charge is 0.385 e. The summed E-state index contributed by atoms with van der Waals surface area (Å²) in [4.78, 5) is 0. The van der Waals surface area contributed by atoms with Crippen LogP contribution >= 0.6 is 0 Å². The first-order chi connectivity index (χ1) is 7.88. The molecular weight excluding hydrogens is 202 g/mol. The number of methoxy groups -OCH3 is 1. The Morgan fingerprint density at radius 2 is 2.25 bits per heavy atom. The third-order valence-electron chi connectivity index (χ3n) is 3.30. The molecule has 1 aliphatic heterocycles. The van der Waals surface area contributed by atoms with Gasteiger partial charge in [0.25, 0.3) is 0 Å². The van der Waals surface area contributed by atoms with Crippen molar-refractivity contribution >= 4 is 0 Å². The van der Waals surface area contributed by atoms with Crippen LogP contribution in [0.5, 0.6) is 0 Å². The Kier molecular flexibility index (Phi) is 7.81. The molecule has 16 heavy (non-hydrogen) atoms. The predicted octanol–water partition coefficient (Wildman–Crippen LogP) is 2.21. The molecular formula is C13H27NO2. The van der Waals surface area contributed by atoms with Crippen LogP contribution in [0.2, 0.25) is 0 Å². The average Bonchev–Trinajstić information content (AvgIpc) is 2.33. The number of hydrogen-bond donors (Lipinski definition) is 1. The van der Waals surface area contributed by atoms with Crippen molar-refractivity contribution < 1.29 is 9.47 Å². The fourth-order valence-corrected chi connectivity index (χ4v) is 2.33. The van der Waals surface area contributed by atoms with Gasteiger partial charge in [-0.1, -0.05) is 13.3 Å². The smallest absolute Gasteiger partial charge is 0.0509 e. The Balaban J connectivity index is 2.18. The van der Waals surface area contributed by atoms with Crippen molar-refractivity contribution in [3.63, 3.8) is 0 Å². The molecule has 0 bridgehead atoms. The van der Waals surface area contributed by atoms with Crippen LogP contribution in [-0.2, 0) is 9.47 Å². The van der Waals surface area contributed by atoms with Gasteiger partial charge in [-0.25, -0.2) is 0 Å². The lowest BCUT2D eigenvalue weighted by Crippen LogP contribution is -2.43. The number of ether oxygens (including phenoxy) is 2. The van der Waals surface area contributed by atoms with Crippen LogP contribution in [0.4, 0.5) is 0 Å². The van der Waals surface area contributed by atoms with E-state index in [9.17, 15) is 0 Å². The molecule has 1 fully saturated rings. The van der Waals surface area contributed by atoms with Crippen molar-refractivity contribution in [2.45, 2.75) is 45.1 Å². The number of rotatable bonds is 8. The molecule has 2 atom stereocenters. The normalized spacial score (nSPS) is 25.9. The molecule has 1 heterocycles. The molecule has 1 rings (SSSR count). The predicted molar refractivity (Wildman–Crippen MR) is 66.7 cm³/mol. The summed E-state index contributed by atoms with van der Waals surface area (Å²) in [6.45, 7) is 6.12. The monoisotopic (exact) mass is 229 g/mol. The summed E-state index contributed by atoms with van der Waals surface area (Å²) in [6, 6.07) is 0.677. The highest BCUT2D eigenvalue weighted by molar-refractivity contribution is 4.79. The number of unbranched alkanes of at least 4 members (excludes halogenated alkanes) is 1. The highest BCUT2D eigenvalue weighted by Gasteiger charge is 2.24. The quantitative estimate of drug-likeness (QED) is 0.647. The van der Waals surface area contributed by atoms with Crippen molar-refractivity contribution in [3.8, 4) is 0 Å². The van der Waals surface area contributed by atoms with Gasteiger partial charge in [-0.15, -0.1) is 0 Å². The molecule has 0 amide bonds. The Labute approximate surface area is 99.9 Å². The zero-order valence-corrected chi connectivity index (χ0v) is 10.8. The van der Waals surface area contributed by atoms with Gasteiger partial charge in [0, 0.05) is 26.4 Å². The number of nitrogens with one attached hydrogen (secondary N) is 1. The van der Waals surface area contributed by atoms with E-state index in [2.05, 4.69) is 12.2 Å². The third kappa shape index (κ3) is 5.28.